The van der Waals surface area contributed by atoms with Gasteiger partial charge in [0.1, 0.15) is 5.82 Å². The lowest BCUT2D eigenvalue weighted by Gasteiger charge is -2.19. The summed E-state index contributed by atoms with van der Waals surface area (Å²) in [7, 11) is 0. The molecule has 0 radical (unpaired) electrons. The first-order valence-electron chi connectivity index (χ1n) is 8.84. The maximum absolute atomic E-state index is 13.1. The van der Waals surface area contributed by atoms with Gasteiger partial charge in [-0.15, -0.1) is 0 Å². The van der Waals surface area contributed by atoms with E-state index in [1.165, 1.54) is 23.5 Å². The molecule has 28 heavy (non-hydrogen) atoms. The van der Waals surface area contributed by atoms with E-state index in [1.54, 1.807) is 12.1 Å². The summed E-state index contributed by atoms with van der Waals surface area (Å²) in [6.07, 6.45) is 0.0383. The number of carbonyl (C=O) groups is 1. The Labute approximate surface area is 175 Å². The predicted molar refractivity (Wildman–Crippen MR) is 115 cm³/mol. The molecule has 1 aromatic heterocycles. The van der Waals surface area contributed by atoms with Crippen LogP contribution in [0.25, 0.3) is 22.4 Å². The molecule has 1 heterocycles. The van der Waals surface area contributed by atoms with Crippen LogP contribution in [0.3, 0.4) is 0 Å². The highest BCUT2D eigenvalue weighted by Gasteiger charge is 2.20. The fourth-order valence-corrected chi connectivity index (χ4v) is 4.36. The zero-order valence-electron chi connectivity index (χ0n) is 15.4. The van der Waals surface area contributed by atoms with Crippen molar-refractivity contribution in [3.63, 3.8) is 0 Å². The minimum absolute atomic E-state index is 0.0383. The number of carboxylic acids is 1. The van der Waals surface area contributed by atoms with Gasteiger partial charge in [0.25, 0.3) is 0 Å². The average Bonchev–Trinajstić information content (AvgIpc) is 3.02. The van der Waals surface area contributed by atoms with Crippen molar-refractivity contribution in [1.29, 1.82) is 0 Å². The fraction of sp³-hybridized carbons (Fsp3) is 0.238. The molecule has 0 amide bonds. The van der Waals surface area contributed by atoms with E-state index in [0.717, 1.165) is 26.2 Å². The van der Waals surface area contributed by atoms with Crippen LogP contribution >= 0.6 is 27.3 Å². The Morgan fingerprint density at radius 3 is 2.18 bits per heavy atom. The van der Waals surface area contributed by atoms with Gasteiger partial charge in [-0.1, -0.05) is 61.6 Å². The lowest BCUT2D eigenvalue weighted by atomic mass is 10.0. The monoisotopic (exact) mass is 462 g/mol. The van der Waals surface area contributed by atoms with Gasteiger partial charge in [0.2, 0.25) is 0 Å². The quantitative estimate of drug-likeness (QED) is 0.432. The highest BCUT2D eigenvalue weighted by atomic mass is 79.9. The summed E-state index contributed by atoms with van der Waals surface area (Å²) in [6.45, 7) is 3.97. The van der Waals surface area contributed by atoms with Gasteiger partial charge in [-0.05, 0) is 45.1 Å². The minimum atomic E-state index is -0.835. The van der Waals surface area contributed by atoms with Gasteiger partial charge in [0, 0.05) is 11.6 Å². The van der Waals surface area contributed by atoms with E-state index in [2.05, 4.69) is 26.2 Å². The average molecular weight is 463 g/mol. The summed E-state index contributed by atoms with van der Waals surface area (Å²) >= 11 is 5.01. The van der Waals surface area contributed by atoms with Gasteiger partial charge in [0.05, 0.1) is 15.9 Å². The molecule has 7 heteroatoms. The van der Waals surface area contributed by atoms with Crippen molar-refractivity contribution in [2.75, 3.05) is 5.32 Å². The molecule has 0 fully saturated rings. The number of hydrogen-bond acceptors (Lipinski definition) is 4. The normalized spacial score (nSPS) is 12.2. The van der Waals surface area contributed by atoms with Crippen LogP contribution in [0.4, 0.5) is 9.52 Å². The second-order valence-corrected chi connectivity index (χ2v) is 9.14. The number of nitrogens with zero attached hydrogens (tertiary/aromatic N) is 1. The smallest absolute Gasteiger partial charge is 0.305 e. The molecule has 0 aliphatic rings. The zero-order valence-corrected chi connectivity index (χ0v) is 17.8. The third-order valence-corrected chi connectivity index (χ3v) is 6.07. The summed E-state index contributed by atoms with van der Waals surface area (Å²) in [4.78, 5) is 15.7. The molecule has 0 saturated carbocycles. The lowest BCUT2D eigenvalue weighted by Crippen LogP contribution is -2.28. The van der Waals surface area contributed by atoms with Crippen LogP contribution in [-0.4, -0.2) is 22.1 Å². The molecule has 1 atom stereocenters. The lowest BCUT2D eigenvalue weighted by molar-refractivity contribution is -0.137. The molecule has 2 N–H and O–H groups in total. The molecule has 0 aliphatic carbocycles. The molecule has 0 aliphatic heterocycles. The molecular formula is C21H20BrFN2O2S. The van der Waals surface area contributed by atoms with E-state index in [1.807, 2.05) is 38.1 Å². The maximum Gasteiger partial charge on any atom is 0.305 e. The summed E-state index contributed by atoms with van der Waals surface area (Å²) in [5, 5.41) is 13.0. The Morgan fingerprint density at radius 2 is 1.64 bits per heavy atom. The Hall–Kier alpha value is -2.25. The summed E-state index contributed by atoms with van der Waals surface area (Å²) < 4.78 is 14.0. The van der Waals surface area contributed by atoms with Crippen LogP contribution in [0.2, 0.25) is 0 Å². The number of carboxylic acid groups (broad SMARTS) is 1. The number of nitrogens with one attached hydrogen (secondary N) is 1. The van der Waals surface area contributed by atoms with Crippen molar-refractivity contribution in [2.24, 2.45) is 5.92 Å². The number of hydrogen-bond donors (Lipinski definition) is 2. The number of rotatable bonds is 7. The molecule has 0 bridgehead atoms. The van der Waals surface area contributed by atoms with Crippen molar-refractivity contribution in [1.82, 2.24) is 4.98 Å². The second-order valence-electron chi connectivity index (χ2n) is 6.82. The van der Waals surface area contributed by atoms with Crippen LogP contribution in [0.5, 0.6) is 0 Å². The zero-order chi connectivity index (χ0) is 20.3. The molecular weight excluding hydrogens is 443 g/mol. The first-order chi connectivity index (χ1) is 13.3. The standard InChI is InChI=1S/C21H20BrFN2O2S/c1-12(2)17(11-18(26)27)24-21-25-19(20(22)28-21)15-5-3-13(4-6-15)14-7-9-16(23)10-8-14/h3-10,12,17H,11H2,1-2H3,(H,24,25)(H,26,27)/t17-/m0/s1. The highest BCUT2D eigenvalue weighted by Crippen LogP contribution is 2.37. The molecule has 2 aromatic carbocycles. The summed E-state index contributed by atoms with van der Waals surface area (Å²) in [5.74, 6) is -0.926. The molecule has 3 rings (SSSR count). The molecule has 0 spiro atoms. The molecule has 0 saturated heterocycles. The van der Waals surface area contributed by atoms with Crippen LogP contribution < -0.4 is 5.32 Å². The summed E-state index contributed by atoms with van der Waals surface area (Å²) in [5.41, 5.74) is 3.69. The number of aromatic nitrogens is 1. The van der Waals surface area contributed by atoms with E-state index >= 15 is 0 Å². The van der Waals surface area contributed by atoms with Gasteiger partial charge in [0.15, 0.2) is 5.13 Å². The maximum atomic E-state index is 13.1. The van der Waals surface area contributed by atoms with Crippen LogP contribution in [0, 0.1) is 11.7 Å². The van der Waals surface area contributed by atoms with Gasteiger partial charge >= 0.3 is 5.97 Å². The van der Waals surface area contributed by atoms with E-state index < -0.39 is 5.97 Å². The van der Waals surface area contributed by atoms with Crippen LogP contribution in [-0.2, 0) is 4.79 Å². The predicted octanol–water partition coefficient (Wildman–Crippen LogP) is 6.29. The highest BCUT2D eigenvalue weighted by molar-refractivity contribution is 9.11. The first kappa shape index (κ1) is 20.5. The van der Waals surface area contributed by atoms with Crippen molar-refractivity contribution >= 4 is 38.4 Å². The van der Waals surface area contributed by atoms with Crippen LogP contribution in [0.15, 0.2) is 52.3 Å². The molecule has 4 nitrogen and oxygen atoms in total. The number of halogens is 2. The SMILES string of the molecule is CC(C)[C@H](CC(=O)O)Nc1nc(-c2ccc(-c3ccc(F)cc3)cc2)c(Br)s1. The van der Waals surface area contributed by atoms with Crippen molar-refractivity contribution in [3.8, 4) is 22.4 Å². The largest absolute Gasteiger partial charge is 0.481 e. The first-order valence-corrected chi connectivity index (χ1v) is 10.5. The van der Waals surface area contributed by atoms with Crippen molar-refractivity contribution in [2.45, 2.75) is 26.3 Å². The third-order valence-electron chi connectivity index (χ3n) is 4.43. The van der Waals surface area contributed by atoms with Crippen molar-refractivity contribution < 1.29 is 14.3 Å². The van der Waals surface area contributed by atoms with Gasteiger partial charge in [-0.3, -0.25) is 4.79 Å². The minimum Gasteiger partial charge on any atom is -0.481 e. The Bertz CT molecular complexity index is 956. The number of anilines is 1. The Morgan fingerprint density at radius 1 is 1.11 bits per heavy atom. The van der Waals surface area contributed by atoms with E-state index in [-0.39, 0.29) is 24.2 Å². The van der Waals surface area contributed by atoms with E-state index in [9.17, 15) is 9.18 Å². The second kappa shape index (κ2) is 8.84. The Kier molecular flexibility index (Phi) is 6.46. The topological polar surface area (TPSA) is 62.2 Å². The van der Waals surface area contributed by atoms with Gasteiger partial charge in [-0.25, -0.2) is 9.37 Å². The van der Waals surface area contributed by atoms with E-state index in [4.69, 9.17) is 5.11 Å². The van der Waals surface area contributed by atoms with Gasteiger partial charge in [-0.2, -0.15) is 0 Å². The Balaban J connectivity index is 1.80. The molecule has 146 valence electrons. The molecule has 0 unspecified atom stereocenters. The summed E-state index contributed by atoms with van der Waals surface area (Å²) in [6, 6.07) is 14.1. The van der Waals surface area contributed by atoms with Crippen molar-refractivity contribution in [3.05, 3.63) is 58.1 Å². The number of aliphatic carboxylic acids is 1. The molecule has 3 aromatic rings. The number of thiazole rings is 1. The van der Waals surface area contributed by atoms with E-state index in [0.29, 0.717) is 5.13 Å². The fourth-order valence-electron chi connectivity index (χ4n) is 2.80. The van der Waals surface area contributed by atoms with Crippen LogP contribution in [0.1, 0.15) is 20.3 Å². The van der Waals surface area contributed by atoms with Gasteiger partial charge < -0.3 is 10.4 Å². The number of benzene rings is 2. The third kappa shape index (κ3) is 4.97.